The lowest BCUT2D eigenvalue weighted by atomic mass is 10.1. The minimum absolute atomic E-state index is 0.231. The lowest BCUT2D eigenvalue weighted by Crippen LogP contribution is -2.28. The summed E-state index contributed by atoms with van der Waals surface area (Å²) < 4.78 is 5.94. The van der Waals surface area contributed by atoms with Gasteiger partial charge in [0.05, 0.1) is 5.69 Å². The molecule has 1 aromatic heterocycles. The van der Waals surface area contributed by atoms with Crippen molar-refractivity contribution in [2.45, 2.75) is 45.1 Å². The molecule has 17 heavy (non-hydrogen) atoms. The van der Waals surface area contributed by atoms with Crippen LogP contribution in [0.3, 0.4) is 0 Å². The molecule has 0 spiro atoms. The Bertz CT molecular complexity index is 367. The molecule has 1 saturated carbocycles. The number of hydrogen-bond acceptors (Lipinski definition) is 4. The summed E-state index contributed by atoms with van der Waals surface area (Å²) in [6.45, 7) is 4.93. The van der Waals surface area contributed by atoms with Crippen LogP contribution in [0.15, 0.2) is 12.4 Å². The third-order valence-electron chi connectivity index (χ3n) is 3.42. The fourth-order valence-corrected chi connectivity index (χ4v) is 2.32. The van der Waals surface area contributed by atoms with Gasteiger partial charge in [-0.1, -0.05) is 13.8 Å². The normalized spacial score (nSPS) is 24.2. The van der Waals surface area contributed by atoms with Crippen molar-refractivity contribution in [3.8, 4) is 5.88 Å². The van der Waals surface area contributed by atoms with Gasteiger partial charge >= 0.3 is 0 Å². The second-order valence-electron chi connectivity index (χ2n) is 5.02. The van der Waals surface area contributed by atoms with E-state index < -0.39 is 0 Å². The molecule has 1 aliphatic carbocycles. The Hall–Kier alpha value is -1.16. The molecule has 2 unspecified atom stereocenters. The van der Waals surface area contributed by atoms with Crippen molar-refractivity contribution in [3.05, 3.63) is 18.1 Å². The van der Waals surface area contributed by atoms with Crippen LogP contribution in [0.1, 0.15) is 44.7 Å². The van der Waals surface area contributed by atoms with Crippen molar-refractivity contribution < 1.29 is 4.74 Å². The monoisotopic (exact) mass is 235 g/mol. The van der Waals surface area contributed by atoms with Gasteiger partial charge in [-0.2, -0.15) is 0 Å². The zero-order valence-corrected chi connectivity index (χ0v) is 10.6. The highest BCUT2D eigenvalue weighted by Crippen LogP contribution is 2.28. The van der Waals surface area contributed by atoms with Crippen LogP contribution >= 0.6 is 0 Å². The molecule has 4 heteroatoms. The SMILES string of the molecule is CC(C)c1cc(OC2CCCC2CN)ncn1. The highest BCUT2D eigenvalue weighted by atomic mass is 16.5. The predicted molar refractivity (Wildman–Crippen MR) is 66.9 cm³/mol. The summed E-state index contributed by atoms with van der Waals surface area (Å²) in [5, 5.41) is 0. The topological polar surface area (TPSA) is 61.0 Å². The number of nitrogens with zero attached hydrogens (tertiary/aromatic N) is 2. The molecule has 0 aromatic carbocycles. The molecule has 94 valence electrons. The zero-order valence-electron chi connectivity index (χ0n) is 10.6. The third kappa shape index (κ3) is 2.94. The molecule has 2 rings (SSSR count). The van der Waals surface area contributed by atoms with Gasteiger partial charge in [0.15, 0.2) is 0 Å². The molecule has 0 amide bonds. The number of nitrogens with two attached hydrogens (primary N) is 1. The van der Waals surface area contributed by atoms with Gasteiger partial charge in [0.1, 0.15) is 12.4 Å². The maximum Gasteiger partial charge on any atom is 0.216 e. The maximum absolute atomic E-state index is 5.94. The Morgan fingerprint density at radius 3 is 2.94 bits per heavy atom. The Labute approximate surface area is 103 Å². The van der Waals surface area contributed by atoms with Gasteiger partial charge in [0, 0.05) is 12.0 Å². The summed E-state index contributed by atoms with van der Waals surface area (Å²) in [5.41, 5.74) is 6.77. The quantitative estimate of drug-likeness (QED) is 0.868. The van der Waals surface area contributed by atoms with Crippen molar-refractivity contribution >= 4 is 0 Å². The molecular formula is C13H21N3O. The van der Waals surface area contributed by atoms with Crippen LogP contribution in [0, 0.1) is 5.92 Å². The standard InChI is InChI=1S/C13H21N3O/c1-9(2)11-6-13(16-8-15-11)17-12-5-3-4-10(12)7-14/h6,8-10,12H,3-5,7,14H2,1-2H3. The van der Waals surface area contributed by atoms with E-state index in [-0.39, 0.29) is 6.10 Å². The predicted octanol–water partition coefficient (Wildman–Crippen LogP) is 2.11. The van der Waals surface area contributed by atoms with Crippen LogP contribution in [-0.4, -0.2) is 22.6 Å². The number of aromatic nitrogens is 2. The third-order valence-corrected chi connectivity index (χ3v) is 3.42. The van der Waals surface area contributed by atoms with Gasteiger partial charge in [-0.25, -0.2) is 9.97 Å². The average Bonchev–Trinajstić information content (AvgIpc) is 2.76. The van der Waals surface area contributed by atoms with E-state index >= 15 is 0 Å². The number of ether oxygens (including phenoxy) is 1. The molecule has 0 aliphatic heterocycles. The molecule has 0 radical (unpaired) electrons. The van der Waals surface area contributed by atoms with Gasteiger partial charge in [0.25, 0.3) is 0 Å². The summed E-state index contributed by atoms with van der Waals surface area (Å²) in [6, 6.07) is 1.94. The van der Waals surface area contributed by atoms with Crippen LogP contribution in [-0.2, 0) is 0 Å². The molecule has 2 N–H and O–H groups in total. The Morgan fingerprint density at radius 2 is 2.24 bits per heavy atom. The lowest BCUT2D eigenvalue weighted by Gasteiger charge is -2.19. The van der Waals surface area contributed by atoms with E-state index in [0.717, 1.165) is 12.1 Å². The van der Waals surface area contributed by atoms with Crippen LogP contribution in [0.25, 0.3) is 0 Å². The van der Waals surface area contributed by atoms with E-state index in [2.05, 4.69) is 23.8 Å². The van der Waals surface area contributed by atoms with Gasteiger partial charge in [0.2, 0.25) is 5.88 Å². The van der Waals surface area contributed by atoms with Crippen LogP contribution in [0.5, 0.6) is 5.88 Å². The van der Waals surface area contributed by atoms with Gasteiger partial charge < -0.3 is 10.5 Å². The zero-order chi connectivity index (χ0) is 12.3. The maximum atomic E-state index is 5.94. The van der Waals surface area contributed by atoms with Crippen molar-refractivity contribution in [2.24, 2.45) is 11.7 Å². The lowest BCUT2D eigenvalue weighted by molar-refractivity contribution is 0.155. The first-order valence-corrected chi connectivity index (χ1v) is 6.39. The summed E-state index contributed by atoms with van der Waals surface area (Å²) in [6.07, 6.45) is 5.27. The molecule has 1 fully saturated rings. The van der Waals surface area contributed by atoms with E-state index in [4.69, 9.17) is 10.5 Å². The van der Waals surface area contributed by atoms with Crippen LogP contribution in [0.4, 0.5) is 0 Å². The molecule has 4 nitrogen and oxygen atoms in total. The van der Waals surface area contributed by atoms with Gasteiger partial charge in [-0.15, -0.1) is 0 Å². The molecule has 2 atom stereocenters. The van der Waals surface area contributed by atoms with Gasteiger partial charge in [-0.3, -0.25) is 0 Å². The van der Waals surface area contributed by atoms with E-state index in [0.29, 0.717) is 24.3 Å². The Balaban J connectivity index is 2.05. The number of hydrogen-bond donors (Lipinski definition) is 1. The molecule has 0 saturated heterocycles. The second kappa shape index (κ2) is 5.45. The van der Waals surface area contributed by atoms with Gasteiger partial charge in [-0.05, 0) is 31.7 Å². The smallest absolute Gasteiger partial charge is 0.216 e. The van der Waals surface area contributed by atoms with E-state index in [9.17, 15) is 0 Å². The van der Waals surface area contributed by atoms with Crippen LogP contribution in [0.2, 0.25) is 0 Å². The van der Waals surface area contributed by atoms with E-state index in [1.54, 1.807) is 6.33 Å². The number of rotatable bonds is 4. The largest absolute Gasteiger partial charge is 0.474 e. The minimum Gasteiger partial charge on any atom is -0.474 e. The van der Waals surface area contributed by atoms with Crippen molar-refractivity contribution in [1.82, 2.24) is 9.97 Å². The molecular weight excluding hydrogens is 214 g/mol. The first-order chi connectivity index (χ1) is 8.20. The van der Waals surface area contributed by atoms with Crippen molar-refractivity contribution in [3.63, 3.8) is 0 Å². The highest BCUT2D eigenvalue weighted by Gasteiger charge is 2.28. The molecule has 1 aromatic rings. The summed E-state index contributed by atoms with van der Waals surface area (Å²) >= 11 is 0. The summed E-state index contributed by atoms with van der Waals surface area (Å²) in [4.78, 5) is 8.42. The highest BCUT2D eigenvalue weighted by molar-refractivity contribution is 5.16. The van der Waals surface area contributed by atoms with Crippen molar-refractivity contribution in [2.75, 3.05) is 6.54 Å². The molecule has 1 aliphatic rings. The molecule has 0 bridgehead atoms. The van der Waals surface area contributed by atoms with Crippen molar-refractivity contribution in [1.29, 1.82) is 0 Å². The minimum atomic E-state index is 0.231. The Morgan fingerprint density at radius 1 is 1.41 bits per heavy atom. The average molecular weight is 235 g/mol. The fraction of sp³-hybridized carbons (Fsp3) is 0.692. The summed E-state index contributed by atoms with van der Waals surface area (Å²) in [5.74, 6) is 1.57. The second-order valence-corrected chi connectivity index (χ2v) is 5.02. The van der Waals surface area contributed by atoms with E-state index in [1.807, 2.05) is 6.07 Å². The fourth-order valence-electron chi connectivity index (χ4n) is 2.32. The first kappa shape index (κ1) is 12.3. The first-order valence-electron chi connectivity index (χ1n) is 6.39. The molecule has 1 heterocycles. The van der Waals surface area contributed by atoms with Crippen LogP contribution < -0.4 is 10.5 Å². The van der Waals surface area contributed by atoms with E-state index in [1.165, 1.54) is 12.8 Å². The Kier molecular flexibility index (Phi) is 3.94. The summed E-state index contributed by atoms with van der Waals surface area (Å²) in [7, 11) is 0.